The first kappa shape index (κ1) is 13.4. The van der Waals surface area contributed by atoms with Gasteiger partial charge in [-0.05, 0) is 62.9 Å². The van der Waals surface area contributed by atoms with Gasteiger partial charge in [-0.3, -0.25) is 0 Å². The van der Waals surface area contributed by atoms with E-state index in [-0.39, 0.29) is 0 Å². The van der Waals surface area contributed by atoms with Crippen molar-refractivity contribution in [3.05, 3.63) is 29.3 Å². The molecule has 0 saturated carbocycles. The van der Waals surface area contributed by atoms with Crippen LogP contribution < -0.4 is 10.2 Å². The summed E-state index contributed by atoms with van der Waals surface area (Å²) in [6.45, 7) is 10.1. The van der Waals surface area contributed by atoms with Crippen molar-refractivity contribution in [3.8, 4) is 0 Å². The van der Waals surface area contributed by atoms with E-state index in [4.69, 9.17) is 0 Å². The van der Waals surface area contributed by atoms with E-state index in [9.17, 15) is 0 Å². The number of anilines is 1. The van der Waals surface area contributed by atoms with Gasteiger partial charge in [-0.15, -0.1) is 0 Å². The van der Waals surface area contributed by atoms with E-state index in [0.29, 0.717) is 6.04 Å². The lowest BCUT2D eigenvalue weighted by molar-refractivity contribution is 0.423. The first-order valence-electron chi connectivity index (χ1n) is 7.25. The highest BCUT2D eigenvalue weighted by Crippen LogP contribution is 2.22. The molecule has 1 saturated heterocycles. The van der Waals surface area contributed by atoms with E-state index in [1.165, 1.54) is 42.6 Å². The Labute approximate surface area is 111 Å². The Kier molecular flexibility index (Phi) is 4.65. The summed E-state index contributed by atoms with van der Waals surface area (Å²) in [6, 6.07) is 7.55. The maximum absolute atomic E-state index is 3.66. The maximum Gasteiger partial charge on any atom is 0.0372 e. The molecular weight excluding hydrogens is 220 g/mol. The Morgan fingerprint density at radius 3 is 2.61 bits per heavy atom. The quantitative estimate of drug-likeness (QED) is 0.877. The third-order valence-electron chi connectivity index (χ3n) is 3.68. The molecule has 1 atom stereocenters. The van der Waals surface area contributed by atoms with Gasteiger partial charge in [0.25, 0.3) is 0 Å². The Bertz CT molecular complexity index is 366. The summed E-state index contributed by atoms with van der Waals surface area (Å²) in [5.41, 5.74) is 4.14. The molecule has 0 spiro atoms. The van der Waals surface area contributed by atoms with Crippen molar-refractivity contribution < 1.29 is 0 Å². The maximum atomic E-state index is 3.66. The van der Waals surface area contributed by atoms with E-state index in [1.54, 1.807) is 0 Å². The number of rotatable bonds is 4. The summed E-state index contributed by atoms with van der Waals surface area (Å²) in [7, 11) is 0. The average molecular weight is 246 g/mol. The molecule has 1 aliphatic rings. The van der Waals surface area contributed by atoms with Gasteiger partial charge in [-0.25, -0.2) is 0 Å². The van der Waals surface area contributed by atoms with Crippen LogP contribution in [0.5, 0.6) is 0 Å². The Hall–Kier alpha value is -1.02. The number of nitrogens with zero attached hydrogens (tertiary/aromatic N) is 1. The van der Waals surface area contributed by atoms with Crippen LogP contribution >= 0.6 is 0 Å². The summed E-state index contributed by atoms with van der Waals surface area (Å²) >= 11 is 0. The molecule has 2 nitrogen and oxygen atoms in total. The lowest BCUT2D eigenvalue weighted by Gasteiger charge is -2.35. The van der Waals surface area contributed by atoms with Crippen LogP contribution in [0.1, 0.15) is 37.3 Å². The molecule has 18 heavy (non-hydrogen) atoms. The molecule has 0 bridgehead atoms. The average Bonchev–Trinajstić information content (AvgIpc) is 2.35. The molecule has 0 aromatic heterocycles. The Morgan fingerprint density at radius 2 is 1.94 bits per heavy atom. The molecule has 1 N–H and O–H groups in total. The summed E-state index contributed by atoms with van der Waals surface area (Å²) in [4.78, 5) is 2.54. The van der Waals surface area contributed by atoms with E-state index in [2.05, 4.69) is 49.2 Å². The lowest BCUT2D eigenvalue weighted by Crippen LogP contribution is -2.46. The van der Waals surface area contributed by atoms with E-state index in [0.717, 1.165) is 13.1 Å². The standard InChI is InChI=1S/C16H26N2/c1-4-7-17-15-6-5-8-18(12-15)16-10-13(2)9-14(3)11-16/h9-11,15,17H,4-8,12H2,1-3H3. The first-order chi connectivity index (χ1) is 8.69. The van der Waals surface area contributed by atoms with Crippen LogP contribution in [-0.2, 0) is 0 Å². The number of piperidine rings is 1. The van der Waals surface area contributed by atoms with Crippen LogP contribution in [0.3, 0.4) is 0 Å². The zero-order valence-electron chi connectivity index (χ0n) is 12.0. The van der Waals surface area contributed by atoms with Crippen LogP contribution in [0.15, 0.2) is 18.2 Å². The molecule has 0 amide bonds. The van der Waals surface area contributed by atoms with Gasteiger partial charge in [0.2, 0.25) is 0 Å². The summed E-state index contributed by atoms with van der Waals surface area (Å²) in [5, 5.41) is 3.66. The molecule has 1 aromatic rings. The highest BCUT2D eigenvalue weighted by Gasteiger charge is 2.19. The van der Waals surface area contributed by atoms with Gasteiger partial charge in [0, 0.05) is 24.8 Å². The summed E-state index contributed by atoms with van der Waals surface area (Å²) in [6.07, 6.45) is 3.84. The zero-order valence-corrected chi connectivity index (χ0v) is 12.0. The van der Waals surface area contributed by atoms with Crippen molar-refractivity contribution in [2.45, 2.75) is 46.1 Å². The van der Waals surface area contributed by atoms with Crippen LogP contribution in [0, 0.1) is 13.8 Å². The van der Waals surface area contributed by atoms with Crippen molar-refractivity contribution in [1.29, 1.82) is 0 Å². The van der Waals surface area contributed by atoms with Crippen LogP contribution in [-0.4, -0.2) is 25.7 Å². The number of nitrogens with one attached hydrogen (secondary N) is 1. The van der Waals surface area contributed by atoms with E-state index >= 15 is 0 Å². The molecular formula is C16H26N2. The normalized spacial score (nSPS) is 20.2. The molecule has 2 heteroatoms. The molecule has 100 valence electrons. The van der Waals surface area contributed by atoms with Gasteiger partial charge in [-0.1, -0.05) is 13.0 Å². The lowest BCUT2D eigenvalue weighted by atomic mass is 10.0. The second-order valence-corrected chi connectivity index (χ2v) is 5.59. The Balaban J connectivity index is 2.03. The van der Waals surface area contributed by atoms with Gasteiger partial charge < -0.3 is 10.2 Å². The minimum atomic E-state index is 0.666. The molecule has 1 unspecified atom stereocenters. The molecule has 1 aliphatic heterocycles. The predicted octanol–water partition coefficient (Wildman–Crippen LogP) is 3.27. The summed E-state index contributed by atoms with van der Waals surface area (Å²) in [5.74, 6) is 0. The minimum absolute atomic E-state index is 0.666. The van der Waals surface area contributed by atoms with E-state index in [1.807, 2.05) is 0 Å². The van der Waals surface area contributed by atoms with Gasteiger partial charge >= 0.3 is 0 Å². The Morgan fingerprint density at radius 1 is 1.22 bits per heavy atom. The third kappa shape index (κ3) is 3.49. The first-order valence-corrected chi connectivity index (χ1v) is 7.25. The van der Waals surface area contributed by atoms with E-state index < -0.39 is 0 Å². The predicted molar refractivity (Wildman–Crippen MR) is 79.4 cm³/mol. The SMILES string of the molecule is CCCNC1CCCN(c2cc(C)cc(C)c2)C1. The van der Waals surface area contributed by atoms with Crippen molar-refractivity contribution in [2.75, 3.05) is 24.5 Å². The molecule has 1 fully saturated rings. The smallest absolute Gasteiger partial charge is 0.0372 e. The van der Waals surface area contributed by atoms with Crippen LogP contribution in [0.4, 0.5) is 5.69 Å². The van der Waals surface area contributed by atoms with Crippen LogP contribution in [0.25, 0.3) is 0 Å². The van der Waals surface area contributed by atoms with Gasteiger partial charge in [-0.2, -0.15) is 0 Å². The molecule has 1 heterocycles. The molecule has 0 aliphatic carbocycles. The van der Waals surface area contributed by atoms with Crippen molar-refractivity contribution >= 4 is 5.69 Å². The third-order valence-corrected chi connectivity index (χ3v) is 3.68. The molecule has 1 aromatic carbocycles. The van der Waals surface area contributed by atoms with Crippen molar-refractivity contribution in [2.24, 2.45) is 0 Å². The number of aryl methyl sites for hydroxylation is 2. The zero-order chi connectivity index (χ0) is 13.0. The minimum Gasteiger partial charge on any atom is -0.370 e. The summed E-state index contributed by atoms with van der Waals surface area (Å²) < 4.78 is 0. The van der Waals surface area contributed by atoms with Crippen LogP contribution in [0.2, 0.25) is 0 Å². The fourth-order valence-electron chi connectivity index (χ4n) is 2.86. The van der Waals surface area contributed by atoms with Crippen molar-refractivity contribution in [3.63, 3.8) is 0 Å². The number of hydrogen-bond donors (Lipinski definition) is 1. The number of benzene rings is 1. The van der Waals surface area contributed by atoms with Crippen molar-refractivity contribution in [1.82, 2.24) is 5.32 Å². The highest BCUT2D eigenvalue weighted by atomic mass is 15.2. The van der Waals surface area contributed by atoms with Gasteiger partial charge in [0.15, 0.2) is 0 Å². The molecule has 2 rings (SSSR count). The van der Waals surface area contributed by atoms with Gasteiger partial charge in [0.1, 0.15) is 0 Å². The fraction of sp³-hybridized carbons (Fsp3) is 0.625. The van der Waals surface area contributed by atoms with Gasteiger partial charge in [0.05, 0.1) is 0 Å². The topological polar surface area (TPSA) is 15.3 Å². The largest absolute Gasteiger partial charge is 0.370 e. The monoisotopic (exact) mass is 246 g/mol. The molecule has 0 radical (unpaired) electrons. The number of hydrogen-bond acceptors (Lipinski definition) is 2. The second kappa shape index (κ2) is 6.24. The second-order valence-electron chi connectivity index (χ2n) is 5.59. The highest BCUT2D eigenvalue weighted by molar-refractivity contribution is 5.51. The fourth-order valence-corrected chi connectivity index (χ4v) is 2.86.